The zero-order valence-electron chi connectivity index (χ0n) is 8.01. The Hall–Kier alpha value is -1.42. The molecule has 0 aliphatic rings. The van der Waals surface area contributed by atoms with Gasteiger partial charge in [0, 0.05) is 0 Å². The number of nitrogens with zero attached hydrogens (tertiary/aromatic N) is 1. The van der Waals surface area contributed by atoms with Crippen molar-refractivity contribution in [3.63, 3.8) is 0 Å². The second-order valence-corrected chi connectivity index (χ2v) is 3.07. The summed E-state index contributed by atoms with van der Waals surface area (Å²) in [5.74, 6) is 0.678. The number of nitroso groups, excluding NO2 is 1. The minimum atomic E-state index is -0.340. The molecule has 0 heterocycles. The molecule has 1 N–H and O–H groups in total. The predicted octanol–water partition coefficient (Wildman–Crippen LogP) is 1.71. The fourth-order valence-electron chi connectivity index (χ4n) is 0.938. The molecule has 14 heavy (non-hydrogen) atoms. The lowest BCUT2D eigenvalue weighted by atomic mass is 10.2. The van der Waals surface area contributed by atoms with Gasteiger partial charge in [-0.2, -0.15) is 4.91 Å². The van der Waals surface area contributed by atoms with Crippen molar-refractivity contribution in [2.75, 3.05) is 6.61 Å². The highest BCUT2D eigenvalue weighted by atomic mass is 16.5. The van der Waals surface area contributed by atoms with Crippen molar-refractivity contribution in [2.45, 2.75) is 19.6 Å². The summed E-state index contributed by atoms with van der Waals surface area (Å²) in [7, 11) is 0. The third-order valence-corrected chi connectivity index (χ3v) is 1.78. The minimum absolute atomic E-state index is 0.0204. The highest BCUT2D eigenvalue weighted by Crippen LogP contribution is 2.12. The summed E-state index contributed by atoms with van der Waals surface area (Å²) in [5, 5.41) is 11.6. The molecule has 0 aliphatic carbocycles. The van der Waals surface area contributed by atoms with Crippen molar-refractivity contribution in [1.82, 2.24) is 0 Å². The van der Waals surface area contributed by atoms with E-state index in [9.17, 15) is 4.91 Å². The molecule has 0 spiro atoms. The van der Waals surface area contributed by atoms with Crippen LogP contribution in [0.3, 0.4) is 0 Å². The fourth-order valence-corrected chi connectivity index (χ4v) is 0.938. The molecule has 4 nitrogen and oxygen atoms in total. The molecule has 1 aromatic rings. The monoisotopic (exact) mass is 195 g/mol. The Morgan fingerprint density at radius 3 is 2.57 bits per heavy atom. The van der Waals surface area contributed by atoms with E-state index in [-0.39, 0.29) is 19.3 Å². The third-order valence-electron chi connectivity index (χ3n) is 1.78. The van der Waals surface area contributed by atoms with Crippen molar-refractivity contribution < 1.29 is 9.84 Å². The van der Waals surface area contributed by atoms with E-state index in [1.165, 1.54) is 0 Å². The van der Waals surface area contributed by atoms with Gasteiger partial charge in [-0.25, -0.2) is 0 Å². The maximum atomic E-state index is 10.1. The van der Waals surface area contributed by atoms with Crippen molar-refractivity contribution in [1.29, 1.82) is 0 Å². The zero-order chi connectivity index (χ0) is 10.4. The Labute approximate surface area is 82.5 Å². The summed E-state index contributed by atoms with van der Waals surface area (Å²) in [6.07, 6.45) is 0. The minimum Gasteiger partial charge on any atom is -0.491 e. The second-order valence-electron chi connectivity index (χ2n) is 3.07. The van der Waals surface area contributed by atoms with Gasteiger partial charge in [0.05, 0.1) is 6.61 Å². The summed E-state index contributed by atoms with van der Waals surface area (Å²) in [6.45, 7) is 1.99. The summed E-state index contributed by atoms with van der Waals surface area (Å²) in [6, 6.07) is 6.71. The molecular formula is C10H13NO3. The van der Waals surface area contributed by atoms with Crippen molar-refractivity contribution >= 4 is 0 Å². The first-order valence-corrected chi connectivity index (χ1v) is 4.41. The van der Waals surface area contributed by atoms with E-state index in [0.29, 0.717) is 5.75 Å². The lowest BCUT2D eigenvalue weighted by molar-refractivity contribution is 0.280. The Bertz CT molecular complexity index is 284. The van der Waals surface area contributed by atoms with Crippen LogP contribution in [-0.4, -0.2) is 17.8 Å². The van der Waals surface area contributed by atoms with Gasteiger partial charge < -0.3 is 9.84 Å². The zero-order valence-corrected chi connectivity index (χ0v) is 8.01. The van der Waals surface area contributed by atoms with Crippen LogP contribution in [0.5, 0.6) is 5.75 Å². The van der Waals surface area contributed by atoms with Gasteiger partial charge in [-0.05, 0) is 24.6 Å². The van der Waals surface area contributed by atoms with Gasteiger partial charge in [-0.1, -0.05) is 17.3 Å². The fraction of sp³-hybridized carbons (Fsp3) is 0.400. The van der Waals surface area contributed by atoms with Crippen LogP contribution in [0.4, 0.5) is 0 Å². The van der Waals surface area contributed by atoms with Crippen LogP contribution in [-0.2, 0) is 6.61 Å². The van der Waals surface area contributed by atoms with Gasteiger partial charge in [0.15, 0.2) is 0 Å². The third kappa shape index (κ3) is 3.14. The van der Waals surface area contributed by atoms with E-state index >= 15 is 0 Å². The van der Waals surface area contributed by atoms with Crippen LogP contribution in [0.1, 0.15) is 12.5 Å². The Kier molecular flexibility index (Phi) is 4.07. The van der Waals surface area contributed by atoms with Crippen molar-refractivity contribution in [3.05, 3.63) is 34.7 Å². The molecule has 0 saturated heterocycles. The van der Waals surface area contributed by atoms with Crippen LogP contribution in [0, 0.1) is 4.91 Å². The Morgan fingerprint density at radius 2 is 2.07 bits per heavy atom. The summed E-state index contributed by atoms with van der Waals surface area (Å²) >= 11 is 0. The number of benzene rings is 1. The Morgan fingerprint density at radius 1 is 1.43 bits per heavy atom. The maximum absolute atomic E-state index is 10.1. The second kappa shape index (κ2) is 5.34. The highest BCUT2D eigenvalue weighted by molar-refractivity contribution is 5.26. The molecule has 76 valence electrons. The van der Waals surface area contributed by atoms with Crippen molar-refractivity contribution in [2.24, 2.45) is 5.18 Å². The van der Waals surface area contributed by atoms with Gasteiger partial charge >= 0.3 is 0 Å². The topological polar surface area (TPSA) is 58.9 Å². The van der Waals surface area contributed by atoms with Crippen LogP contribution in [0.15, 0.2) is 29.4 Å². The molecule has 0 saturated carbocycles. The van der Waals surface area contributed by atoms with E-state index < -0.39 is 0 Å². The lowest BCUT2D eigenvalue weighted by Crippen LogP contribution is -2.10. The molecular weight excluding hydrogens is 182 g/mol. The number of rotatable bonds is 5. The van der Waals surface area contributed by atoms with Crippen molar-refractivity contribution in [3.8, 4) is 5.75 Å². The first-order valence-electron chi connectivity index (χ1n) is 4.41. The number of ether oxygens (including phenoxy) is 1. The molecule has 0 aliphatic heterocycles. The molecule has 4 heteroatoms. The molecule has 0 aromatic heterocycles. The Balaban J connectivity index is 2.47. The summed E-state index contributed by atoms with van der Waals surface area (Å²) < 4.78 is 5.28. The van der Waals surface area contributed by atoms with E-state index in [4.69, 9.17) is 9.84 Å². The number of hydrogen-bond donors (Lipinski definition) is 1. The molecule has 0 amide bonds. The van der Waals surface area contributed by atoms with Gasteiger partial charge in [-0.15, -0.1) is 0 Å². The van der Waals surface area contributed by atoms with Gasteiger partial charge in [0.25, 0.3) is 0 Å². The van der Waals surface area contributed by atoms with Crippen LogP contribution < -0.4 is 4.74 Å². The first kappa shape index (κ1) is 10.7. The standard InChI is InChI=1S/C10H13NO3/c1-8(11-13)7-14-10-4-2-9(6-12)3-5-10/h2-5,8,12H,6-7H2,1H3. The number of aliphatic hydroxyl groups excluding tert-OH is 1. The molecule has 1 unspecified atom stereocenters. The van der Waals surface area contributed by atoms with Gasteiger partial charge in [0.2, 0.25) is 0 Å². The molecule has 1 aromatic carbocycles. The smallest absolute Gasteiger partial charge is 0.123 e. The highest BCUT2D eigenvalue weighted by Gasteiger charge is 2.01. The largest absolute Gasteiger partial charge is 0.491 e. The van der Waals surface area contributed by atoms with E-state index in [1.54, 1.807) is 31.2 Å². The van der Waals surface area contributed by atoms with E-state index in [0.717, 1.165) is 5.56 Å². The molecule has 0 bridgehead atoms. The summed E-state index contributed by atoms with van der Waals surface area (Å²) in [4.78, 5) is 10.1. The SMILES string of the molecule is CC(COc1ccc(CO)cc1)N=O. The first-order chi connectivity index (χ1) is 6.76. The molecule has 1 atom stereocenters. The maximum Gasteiger partial charge on any atom is 0.123 e. The van der Waals surface area contributed by atoms with Crippen LogP contribution in [0.25, 0.3) is 0 Å². The number of aliphatic hydroxyl groups is 1. The van der Waals surface area contributed by atoms with Crippen LogP contribution >= 0.6 is 0 Å². The van der Waals surface area contributed by atoms with Crippen LogP contribution in [0.2, 0.25) is 0 Å². The average Bonchev–Trinajstić information content (AvgIpc) is 2.26. The van der Waals surface area contributed by atoms with Gasteiger partial charge in [-0.3, -0.25) is 0 Å². The molecule has 0 fully saturated rings. The predicted molar refractivity (Wildman–Crippen MR) is 53.1 cm³/mol. The molecule has 0 radical (unpaired) electrons. The average molecular weight is 195 g/mol. The molecule has 1 rings (SSSR count). The number of hydrogen-bond acceptors (Lipinski definition) is 4. The summed E-state index contributed by atoms with van der Waals surface area (Å²) in [5.41, 5.74) is 0.832. The normalized spacial score (nSPS) is 12.1. The van der Waals surface area contributed by atoms with E-state index in [2.05, 4.69) is 5.18 Å². The van der Waals surface area contributed by atoms with Gasteiger partial charge in [0.1, 0.15) is 18.4 Å². The van der Waals surface area contributed by atoms with E-state index in [1.807, 2.05) is 0 Å². The lowest BCUT2D eigenvalue weighted by Gasteiger charge is -2.07. The quantitative estimate of drug-likeness (QED) is 0.727.